The monoisotopic (exact) mass is 459 g/mol. The van der Waals surface area contributed by atoms with Gasteiger partial charge in [-0.05, 0) is 42.3 Å². The van der Waals surface area contributed by atoms with Crippen molar-refractivity contribution in [2.45, 2.75) is 23.9 Å². The van der Waals surface area contributed by atoms with Gasteiger partial charge in [0.05, 0.1) is 29.3 Å². The molecule has 0 aliphatic heterocycles. The van der Waals surface area contributed by atoms with Crippen molar-refractivity contribution in [3.63, 3.8) is 0 Å². The molecule has 1 amide bonds. The van der Waals surface area contributed by atoms with Gasteiger partial charge in [-0.2, -0.15) is 4.72 Å². The summed E-state index contributed by atoms with van der Waals surface area (Å²) in [5.41, 5.74) is 1.48. The Bertz CT molecular complexity index is 1130. The van der Waals surface area contributed by atoms with Crippen LogP contribution in [0.25, 0.3) is 0 Å². The van der Waals surface area contributed by atoms with Gasteiger partial charge in [-0.15, -0.1) is 0 Å². The summed E-state index contributed by atoms with van der Waals surface area (Å²) in [6.07, 6.45) is 1.80. The summed E-state index contributed by atoms with van der Waals surface area (Å²) >= 11 is 6.08. The van der Waals surface area contributed by atoms with E-state index in [9.17, 15) is 13.2 Å². The van der Waals surface area contributed by atoms with Crippen molar-refractivity contribution in [2.75, 3.05) is 7.11 Å². The number of rotatable bonds is 9. The second-order valence-corrected chi connectivity index (χ2v) is 8.82. The summed E-state index contributed by atoms with van der Waals surface area (Å²) in [7, 11) is -2.58. The van der Waals surface area contributed by atoms with E-state index in [1.165, 1.54) is 25.3 Å². The second kappa shape index (κ2) is 10.4. The van der Waals surface area contributed by atoms with Crippen molar-refractivity contribution in [1.82, 2.24) is 15.0 Å². The lowest BCUT2D eigenvalue weighted by molar-refractivity contribution is -0.122. The Morgan fingerprint density at radius 3 is 2.48 bits per heavy atom. The topological polar surface area (TPSA) is 97.4 Å². The van der Waals surface area contributed by atoms with Gasteiger partial charge < -0.3 is 10.1 Å². The third kappa shape index (κ3) is 6.27. The van der Waals surface area contributed by atoms with E-state index in [4.69, 9.17) is 16.3 Å². The molecule has 0 fully saturated rings. The fraction of sp³-hybridized carbons (Fsp3) is 0.182. The maximum atomic E-state index is 13.0. The van der Waals surface area contributed by atoms with Gasteiger partial charge in [-0.1, -0.05) is 48.0 Å². The largest absolute Gasteiger partial charge is 0.495 e. The minimum absolute atomic E-state index is 0.0612. The van der Waals surface area contributed by atoms with Crippen LogP contribution in [0, 0.1) is 0 Å². The van der Waals surface area contributed by atoms with Crippen molar-refractivity contribution in [1.29, 1.82) is 0 Å². The zero-order chi connectivity index (χ0) is 22.3. The summed E-state index contributed by atoms with van der Waals surface area (Å²) in [6.45, 7) is 0.182. The van der Waals surface area contributed by atoms with Crippen LogP contribution in [0.3, 0.4) is 0 Å². The fourth-order valence-electron chi connectivity index (χ4n) is 2.91. The first-order chi connectivity index (χ1) is 14.9. The predicted molar refractivity (Wildman–Crippen MR) is 118 cm³/mol. The molecule has 0 unspecified atom stereocenters. The van der Waals surface area contributed by atoms with E-state index in [1.807, 2.05) is 36.4 Å². The molecule has 0 radical (unpaired) electrons. The number of nitrogens with one attached hydrogen (secondary N) is 2. The number of pyridine rings is 1. The van der Waals surface area contributed by atoms with Gasteiger partial charge in [0.1, 0.15) is 11.8 Å². The molecule has 31 heavy (non-hydrogen) atoms. The average molecular weight is 460 g/mol. The lowest BCUT2D eigenvalue weighted by atomic mass is 10.1. The summed E-state index contributed by atoms with van der Waals surface area (Å²) in [5, 5.41) is 2.91. The summed E-state index contributed by atoms with van der Waals surface area (Å²) in [5.74, 6) is -0.104. The van der Waals surface area contributed by atoms with Crippen LogP contribution in [0.1, 0.15) is 11.3 Å². The smallest absolute Gasteiger partial charge is 0.241 e. The van der Waals surface area contributed by atoms with Gasteiger partial charge in [0, 0.05) is 6.20 Å². The quantitative estimate of drug-likeness (QED) is 0.512. The van der Waals surface area contributed by atoms with Crippen LogP contribution < -0.4 is 14.8 Å². The van der Waals surface area contributed by atoms with Gasteiger partial charge in [0.2, 0.25) is 15.9 Å². The number of nitrogens with zero attached hydrogens (tertiary/aromatic N) is 1. The highest BCUT2D eigenvalue weighted by atomic mass is 35.5. The molecule has 1 heterocycles. The zero-order valence-corrected chi connectivity index (χ0v) is 18.4. The molecular weight excluding hydrogens is 438 g/mol. The molecule has 2 N–H and O–H groups in total. The molecule has 2 aromatic carbocycles. The Hall–Kier alpha value is -2.94. The van der Waals surface area contributed by atoms with E-state index < -0.39 is 22.0 Å². The van der Waals surface area contributed by atoms with Gasteiger partial charge in [-0.25, -0.2) is 8.42 Å². The molecule has 0 bridgehead atoms. The van der Waals surface area contributed by atoms with Gasteiger partial charge >= 0.3 is 0 Å². The van der Waals surface area contributed by atoms with Crippen LogP contribution >= 0.6 is 11.6 Å². The highest BCUT2D eigenvalue weighted by Gasteiger charge is 2.26. The highest BCUT2D eigenvalue weighted by Crippen LogP contribution is 2.27. The second-order valence-electron chi connectivity index (χ2n) is 6.70. The standard InChI is InChI=1S/C22H22ClN3O4S/c1-30-21-11-10-18(14-19(21)23)31(28,29)26-20(13-16-7-3-2-4-8-16)22(27)25-15-17-9-5-6-12-24-17/h2-12,14,20,26H,13,15H2,1H3,(H,25,27)/t20-/m1/s1. The number of sulfonamides is 1. The number of ether oxygens (including phenoxy) is 1. The van der Waals surface area contributed by atoms with E-state index in [2.05, 4.69) is 15.0 Å². The first-order valence-electron chi connectivity index (χ1n) is 9.46. The lowest BCUT2D eigenvalue weighted by Gasteiger charge is -2.19. The maximum Gasteiger partial charge on any atom is 0.241 e. The number of aromatic nitrogens is 1. The van der Waals surface area contributed by atoms with Crippen molar-refractivity contribution in [3.8, 4) is 5.75 Å². The SMILES string of the molecule is COc1ccc(S(=O)(=O)N[C@H](Cc2ccccc2)C(=O)NCc2ccccn2)cc1Cl. The van der Waals surface area contributed by atoms with Crippen LogP contribution in [-0.4, -0.2) is 32.5 Å². The number of hydrogen-bond acceptors (Lipinski definition) is 5. The highest BCUT2D eigenvalue weighted by molar-refractivity contribution is 7.89. The van der Waals surface area contributed by atoms with E-state index in [0.717, 1.165) is 5.56 Å². The molecule has 9 heteroatoms. The van der Waals surface area contributed by atoms with Crippen molar-refractivity contribution >= 4 is 27.5 Å². The van der Waals surface area contributed by atoms with E-state index in [0.29, 0.717) is 11.4 Å². The average Bonchev–Trinajstić information content (AvgIpc) is 2.78. The number of hydrogen-bond donors (Lipinski definition) is 2. The Morgan fingerprint density at radius 1 is 1.10 bits per heavy atom. The Balaban J connectivity index is 1.81. The van der Waals surface area contributed by atoms with Gasteiger partial charge in [0.25, 0.3) is 0 Å². The summed E-state index contributed by atoms with van der Waals surface area (Å²) in [4.78, 5) is 17.0. The zero-order valence-electron chi connectivity index (χ0n) is 16.8. The van der Waals surface area contributed by atoms with Crippen molar-refractivity contribution in [2.24, 2.45) is 0 Å². The van der Waals surface area contributed by atoms with Crippen molar-refractivity contribution < 1.29 is 17.9 Å². The van der Waals surface area contributed by atoms with Crippen molar-refractivity contribution in [3.05, 3.63) is 89.2 Å². The molecule has 0 aliphatic carbocycles. The minimum atomic E-state index is -4.02. The molecular formula is C22H22ClN3O4S. The molecule has 0 saturated heterocycles. The third-order valence-electron chi connectivity index (χ3n) is 4.50. The number of benzene rings is 2. The number of amides is 1. The molecule has 0 spiro atoms. The minimum Gasteiger partial charge on any atom is -0.495 e. The van der Waals surface area contributed by atoms with Crippen LogP contribution in [0.5, 0.6) is 5.75 Å². The number of methoxy groups -OCH3 is 1. The van der Waals surface area contributed by atoms with Gasteiger partial charge in [-0.3, -0.25) is 9.78 Å². The number of halogens is 1. The van der Waals surface area contributed by atoms with E-state index in [-0.39, 0.29) is 22.9 Å². The maximum absolute atomic E-state index is 13.0. The molecule has 1 aromatic heterocycles. The van der Waals surface area contributed by atoms with Crippen LogP contribution in [0.4, 0.5) is 0 Å². The molecule has 3 rings (SSSR count). The summed E-state index contributed by atoms with van der Waals surface area (Å²) in [6, 6.07) is 17.6. The lowest BCUT2D eigenvalue weighted by Crippen LogP contribution is -2.47. The molecule has 162 valence electrons. The Morgan fingerprint density at radius 2 is 1.84 bits per heavy atom. The van der Waals surface area contributed by atoms with E-state index in [1.54, 1.807) is 18.3 Å². The summed E-state index contributed by atoms with van der Waals surface area (Å²) < 4.78 is 33.5. The van der Waals surface area contributed by atoms with Gasteiger partial charge in [0.15, 0.2) is 0 Å². The normalized spacial score (nSPS) is 12.2. The molecule has 7 nitrogen and oxygen atoms in total. The van der Waals surface area contributed by atoms with Crippen LogP contribution in [-0.2, 0) is 27.8 Å². The number of carbonyl (C=O) groups excluding carboxylic acids is 1. The predicted octanol–water partition coefficient (Wildman–Crippen LogP) is 2.95. The van der Waals surface area contributed by atoms with Crippen LogP contribution in [0.15, 0.2) is 77.8 Å². The Kier molecular flexibility index (Phi) is 7.62. The first-order valence-corrected chi connectivity index (χ1v) is 11.3. The van der Waals surface area contributed by atoms with E-state index >= 15 is 0 Å². The Labute approximate surface area is 186 Å². The molecule has 3 aromatic rings. The fourth-order valence-corrected chi connectivity index (χ4v) is 4.45. The van der Waals surface area contributed by atoms with Crippen LogP contribution in [0.2, 0.25) is 5.02 Å². The first kappa shape index (κ1) is 22.7. The third-order valence-corrected chi connectivity index (χ3v) is 6.26. The molecule has 0 saturated carbocycles. The number of carbonyl (C=O) groups is 1. The molecule has 1 atom stereocenters. The molecule has 0 aliphatic rings.